The molecule has 1 aromatic carbocycles. The van der Waals surface area contributed by atoms with Gasteiger partial charge in [-0.05, 0) is 39.8 Å². The van der Waals surface area contributed by atoms with E-state index in [2.05, 4.69) is 20.2 Å². The van der Waals surface area contributed by atoms with Gasteiger partial charge in [0.05, 0.1) is 6.33 Å². The predicted molar refractivity (Wildman–Crippen MR) is 116 cm³/mol. The number of aromatic nitrogens is 2. The minimum Gasteiger partial charge on any atom is -0.458 e. The number of H-pyrrole nitrogens is 1. The summed E-state index contributed by atoms with van der Waals surface area (Å²) < 4.78 is 5.28. The third-order valence-corrected chi connectivity index (χ3v) is 4.86. The highest BCUT2D eigenvalue weighted by Crippen LogP contribution is 2.17. The number of benzene rings is 1. The standard InChI is InChI=1S/C22H29N5O4/c1-15(21(30)31-22(2,3)4)25-19(28)17-18(24-14-23-17)20(29)27-12-10-26(11-13-27)16-8-6-5-7-9-16/h5-9,14-15H,10-13H2,1-4H3,(H,23,24)(H,25,28)/t15-/m0/s1. The van der Waals surface area contributed by atoms with Crippen molar-refractivity contribution in [3.8, 4) is 0 Å². The van der Waals surface area contributed by atoms with Crippen LogP contribution in [-0.4, -0.2) is 70.5 Å². The van der Waals surface area contributed by atoms with Gasteiger partial charge >= 0.3 is 5.97 Å². The number of hydrogen-bond acceptors (Lipinski definition) is 6. The van der Waals surface area contributed by atoms with E-state index in [1.165, 1.54) is 13.3 Å². The van der Waals surface area contributed by atoms with Gasteiger partial charge in [0.2, 0.25) is 0 Å². The van der Waals surface area contributed by atoms with E-state index in [9.17, 15) is 14.4 Å². The quantitative estimate of drug-likeness (QED) is 0.705. The maximum Gasteiger partial charge on any atom is 0.328 e. The first-order valence-electron chi connectivity index (χ1n) is 10.3. The largest absolute Gasteiger partial charge is 0.458 e. The number of anilines is 1. The van der Waals surface area contributed by atoms with E-state index in [0.717, 1.165) is 5.69 Å². The van der Waals surface area contributed by atoms with E-state index >= 15 is 0 Å². The third kappa shape index (κ3) is 5.62. The van der Waals surface area contributed by atoms with Gasteiger partial charge in [0.25, 0.3) is 11.8 Å². The van der Waals surface area contributed by atoms with Crippen molar-refractivity contribution in [1.82, 2.24) is 20.2 Å². The molecular formula is C22H29N5O4. The summed E-state index contributed by atoms with van der Waals surface area (Å²) in [6.45, 7) is 9.24. The molecule has 166 valence electrons. The van der Waals surface area contributed by atoms with Crippen molar-refractivity contribution in [2.45, 2.75) is 39.3 Å². The van der Waals surface area contributed by atoms with Crippen molar-refractivity contribution < 1.29 is 19.1 Å². The van der Waals surface area contributed by atoms with E-state index in [0.29, 0.717) is 26.2 Å². The van der Waals surface area contributed by atoms with Crippen LogP contribution in [0.3, 0.4) is 0 Å². The number of para-hydroxylation sites is 1. The van der Waals surface area contributed by atoms with Crippen LogP contribution >= 0.6 is 0 Å². The van der Waals surface area contributed by atoms with Crippen molar-refractivity contribution in [3.05, 3.63) is 48.0 Å². The van der Waals surface area contributed by atoms with Crippen molar-refractivity contribution in [2.75, 3.05) is 31.1 Å². The molecule has 0 spiro atoms. The van der Waals surface area contributed by atoms with Crippen LogP contribution in [0.4, 0.5) is 5.69 Å². The second kappa shape index (κ2) is 9.20. The lowest BCUT2D eigenvalue weighted by Crippen LogP contribution is -2.49. The molecule has 0 radical (unpaired) electrons. The summed E-state index contributed by atoms with van der Waals surface area (Å²) in [6, 6.07) is 9.15. The molecule has 2 aromatic rings. The van der Waals surface area contributed by atoms with Crippen LogP contribution in [0.15, 0.2) is 36.7 Å². The zero-order valence-electron chi connectivity index (χ0n) is 18.3. The molecule has 3 rings (SSSR count). The Balaban J connectivity index is 1.61. The second-order valence-electron chi connectivity index (χ2n) is 8.47. The lowest BCUT2D eigenvalue weighted by molar-refractivity contribution is -0.156. The lowest BCUT2D eigenvalue weighted by atomic mass is 10.2. The minimum atomic E-state index is -0.874. The third-order valence-electron chi connectivity index (χ3n) is 4.86. The van der Waals surface area contributed by atoms with Crippen LogP contribution < -0.4 is 10.2 Å². The average molecular weight is 428 g/mol. The molecule has 0 bridgehead atoms. The van der Waals surface area contributed by atoms with Gasteiger partial charge in [-0.1, -0.05) is 18.2 Å². The van der Waals surface area contributed by atoms with Crippen LogP contribution in [-0.2, 0) is 9.53 Å². The molecule has 1 aromatic heterocycles. The monoisotopic (exact) mass is 427 g/mol. The fourth-order valence-electron chi connectivity index (χ4n) is 3.31. The molecule has 1 atom stereocenters. The number of ether oxygens (including phenoxy) is 1. The van der Waals surface area contributed by atoms with Gasteiger partial charge in [-0.15, -0.1) is 0 Å². The number of amides is 2. The Morgan fingerprint density at radius 2 is 1.74 bits per heavy atom. The van der Waals surface area contributed by atoms with Gasteiger partial charge in [0.1, 0.15) is 17.3 Å². The summed E-state index contributed by atoms with van der Waals surface area (Å²) in [7, 11) is 0. The molecule has 2 heterocycles. The number of imidazole rings is 1. The number of carbonyl (C=O) groups excluding carboxylic acids is 3. The molecule has 2 N–H and O–H groups in total. The average Bonchev–Trinajstić information content (AvgIpc) is 3.23. The number of piperazine rings is 1. The maximum absolute atomic E-state index is 13.0. The summed E-state index contributed by atoms with van der Waals surface area (Å²) in [4.78, 5) is 48.5. The Morgan fingerprint density at radius 1 is 1.10 bits per heavy atom. The molecule has 1 aliphatic rings. The second-order valence-corrected chi connectivity index (χ2v) is 8.47. The van der Waals surface area contributed by atoms with Crippen molar-refractivity contribution >= 4 is 23.5 Å². The number of nitrogens with one attached hydrogen (secondary N) is 2. The highest BCUT2D eigenvalue weighted by Gasteiger charge is 2.29. The topological polar surface area (TPSA) is 108 Å². The highest BCUT2D eigenvalue weighted by molar-refractivity contribution is 6.05. The molecule has 0 saturated carbocycles. The molecule has 1 fully saturated rings. The fourth-order valence-corrected chi connectivity index (χ4v) is 3.31. The minimum absolute atomic E-state index is 0.0362. The van der Waals surface area contributed by atoms with Crippen LogP contribution in [0.1, 0.15) is 48.7 Å². The first-order chi connectivity index (χ1) is 14.7. The molecule has 0 unspecified atom stereocenters. The number of nitrogens with zero attached hydrogens (tertiary/aromatic N) is 3. The lowest BCUT2D eigenvalue weighted by Gasteiger charge is -2.36. The smallest absolute Gasteiger partial charge is 0.328 e. The summed E-state index contributed by atoms with van der Waals surface area (Å²) in [5.74, 6) is -1.45. The molecule has 0 aliphatic carbocycles. The first-order valence-corrected chi connectivity index (χ1v) is 10.3. The fraction of sp³-hybridized carbons (Fsp3) is 0.455. The van der Waals surface area contributed by atoms with E-state index in [-0.39, 0.29) is 17.3 Å². The Labute approximate surface area is 181 Å². The Hall–Kier alpha value is -3.36. The summed E-state index contributed by atoms with van der Waals surface area (Å²) in [5.41, 5.74) is 0.533. The first kappa shape index (κ1) is 22.3. The zero-order valence-corrected chi connectivity index (χ0v) is 18.3. The van der Waals surface area contributed by atoms with E-state index < -0.39 is 23.5 Å². The summed E-state index contributed by atoms with van der Waals surface area (Å²) in [6.07, 6.45) is 1.31. The van der Waals surface area contributed by atoms with Crippen LogP contribution in [0.5, 0.6) is 0 Å². The number of rotatable bonds is 5. The normalized spacial score (nSPS) is 15.4. The van der Waals surface area contributed by atoms with Gasteiger partial charge < -0.3 is 24.8 Å². The van der Waals surface area contributed by atoms with E-state index in [1.54, 1.807) is 25.7 Å². The molecular weight excluding hydrogens is 398 g/mol. The molecule has 9 nitrogen and oxygen atoms in total. The number of hydrogen-bond donors (Lipinski definition) is 2. The van der Waals surface area contributed by atoms with Crippen molar-refractivity contribution in [1.29, 1.82) is 0 Å². The molecule has 31 heavy (non-hydrogen) atoms. The van der Waals surface area contributed by atoms with Gasteiger partial charge in [-0.2, -0.15) is 0 Å². The zero-order chi connectivity index (χ0) is 22.6. The number of aromatic amines is 1. The van der Waals surface area contributed by atoms with Crippen LogP contribution in [0, 0.1) is 0 Å². The Bertz CT molecular complexity index is 927. The Morgan fingerprint density at radius 3 is 2.35 bits per heavy atom. The van der Waals surface area contributed by atoms with Gasteiger partial charge in [-0.25, -0.2) is 9.78 Å². The number of esters is 1. The van der Waals surface area contributed by atoms with Crippen LogP contribution in [0.25, 0.3) is 0 Å². The van der Waals surface area contributed by atoms with Gasteiger partial charge in [0, 0.05) is 31.9 Å². The highest BCUT2D eigenvalue weighted by atomic mass is 16.6. The van der Waals surface area contributed by atoms with E-state index in [1.807, 2.05) is 30.3 Å². The van der Waals surface area contributed by atoms with Crippen LogP contribution in [0.2, 0.25) is 0 Å². The summed E-state index contributed by atoms with van der Waals surface area (Å²) in [5, 5.41) is 2.56. The maximum atomic E-state index is 13.0. The Kier molecular flexibility index (Phi) is 6.62. The van der Waals surface area contributed by atoms with Gasteiger partial charge in [-0.3, -0.25) is 9.59 Å². The van der Waals surface area contributed by atoms with E-state index in [4.69, 9.17) is 4.74 Å². The van der Waals surface area contributed by atoms with Crippen molar-refractivity contribution in [2.24, 2.45) is 0 Å². The van der Waals surface area contributed by atoms with Crippen molar-refractivity contribution in [3.63, 3.8) is 0 Å². The molecule has 2 amide bonds. The molecule has 1 aliphatic heterocycles. The predicted octanol–water partition coefficient (Wildman–Crippen LogP) is 1.83. The molecule has 1 saturated heterocycles. The summed E-state index contributed by atoms with van der Waals surface area (Å²) >= 11 is 0. The SMILES string of the molecule is C[C@H](NC(=O)c1nc[nH]c1C(=O)N1CCN(c2ccccc2)CC1)C(=O)OC(C)(C)C. The van der Waals surface area contributed by atoms with Gasteiger partial charge in [0.15, 0.2) is 5.69 Å². The number of carbonyl (C=O) groups is 3. The molecule has 9 heteroatoms.